The number of hydrogen-bond donors (Lipinski definition) is 4. The van der Waals surface area contributed by atoms with Crippen molar-refractivity contribution < 1.29 is 15.3 Å². The van der Waals surface area contributed by atoms with Crippen LogP contribution >= 0.6 is 23.4 Å². The van der Waals surface area contributed by atoms with Gasteiger partial charge in [0.15, 0.2) is 17.0 Å². The molecule has 0 spiro atoms. The molecule has 1 saturated heterocycles. The van der Waals surface area contributed by atoms with Crippen LogP contribution in [-0.2, 0) is 0 Å². The zero-order chi connectivity index (χ0) is 15.1. The van der Waals surface area contributed by atoms with E-state index in [1.807, 2.05) is 0 Å². The van der Waals surface area contributed by atoms with Gasteiger partial charge in [0, 0.05) is 7.05 Å². The van der Waals surface area contributed by atoms with Crippen molar-refractivity contribution in [2.75, 3.05) is 19.0 Å². The maximum absolute atomic E-state index is 10.2. The van der Waals surface area contributed by atoms with E-state index in [2.05, 4.69) is 20.3 Å². The molecule has 10 heteroatoms. The minimum absolute atomic E-state index is 0.0605. The third-order valence-corrected chi connectivity index (χ3v) is 5.15. The van der Waals surface area contributed by atoms with Gasteiger partial charge in [0.05, 0.1) is 24.3 Å². The average molecular weight is 332 g/mol. The normalized spacial score (nSPS) is 29.2. The van der Waals surface area contributed by atoms with E-state index in [4.69, 9.17) is 11.6 Å². The summed E-state index contributed by atoms with van der Waals surface area (Å²) in [6.07, 6.45) is -0.524. The number of imidazole rings is 1. The summed E-state index contributed by atoms with van der Waals surface area (Å²) in [5.74, 6) is 0.487. The summed E-state index contributed by atoms with van der Waals surface area (Å²) in [4.78, 5) is 12.4. The van der Waals surface area contributed by atoms with Crippen LogP contribution in [0.3, 0.4) is 0 Å². The van der Waals surface area contributed by atoms with E-state index in [1.54, 1.807) is 11.6 Å². The predicted octanol–water partition coefficient (Wildman–Crippen LogP) is -0.151. The van der Waals surface area contributed by atoms with Gasteiger partial charge in [-0.1, -0.05) is 0 Å². The monoisotopic (exact) mass is 331 g/mol. The molecule has 0 unspecified atom stereocenters. The molecule has 1 aliphatic rings. The predicted molar refractivity (Wildman–Crippen MR) is 79.4 cm³/mol. The summed E-state index contributed by atoms with van der Waals surface area (Å²) in [6, 6.07) is 0. The fourth-order valence-corrected chi connectivity index (χ4v) is 3.90. The van der Waals surface area contributed by atoms with E-state index < -0.39 is 22.8 Å². The largest absolute Gasteiger partial charge is 0.395 e. The van der Waals surface area contributed by atoms with E-state index in [0.717, 1.165) is 0 Å². The highest BCUT2D eigenvalue weighted by Gasteiger charge is 2.43. The quantitative estimate of drug-likeness (QED) is 0.574. The Kier molecular flexibility index (Phi) is 3.93. The van der Waals surface area contributed by atoms with Gasteiger partial charge in [-0.3, -0.25) is 4.57 Å². The highest BCUT2D eigenvalue weighted by atomic mass is 35.5. The Morgan fingerprint density at radius 2 is 2.14 bits per heavy atom. The Morgan fingerprint density at radius 1 is 1.38 bits per heavy atom. The molecule has 3 rings (SSSR count). The van der Waals surface area contributed by atoms with Crippen molar-refractivity contribution in [1.82, 2.24) is 19.5 Å². The van der Waals surface area contributed by atoms with Gasteiger partial charge < -0.3 is 20.6 Å². The topological polar surface area (TPSA) is 116 Å². The van der Waals surface area contributed by atoms with E-state index >= 15 is 0 Å². The Morgan fingerprint density at radius 3 is 2.76 bits per heavy atom. The van der Waals surface area contributed by atoms with Gasteiger partial charge in [-0.15, -0.1) is 11.8 Å². The van der Waals surface area contributed by atoms with Gasteiger partial charge in [-0.2, -0.15) is 9.97 Å². The van der Waals surface area contributed by atoms with Crippen LogP contribution < -0.4 is 5.32 Å². The van der Waals surface area contributed by atoms with Crippen molar-refractivity contribution in [2.24, 2.45) is 0 Å². The van der Waals surface area contributed by atoms with Crippen LogP contribution in [0.2, 0.25) is 5.28 Å². The molecule has 0 bridgehead atoms. The molecular weight excluding hydrogens is 318 g/mol. The van der Waals surface area contributed by atoms with Crippen LogP contribution in [0.4, 0.5) is 5.82 Å². The molecule has 4 atom stereocenters. The number of nitrogens with one attached hydrogen (secondary N) is 1. The van der Waals surface area contributed by atoms with Gasteiger partial charge in [0.25, 0.3) is 0 Å². The fraction of sp³-hybridized carbons (Fsp3) is 0.545. The highest BCUT2D eigenvalue weighted by Crippen LogP contribution is 2.43. The summed E-state index contributed by atoms with van der Waals surface area (Å²) < 4.78 is 1.64. The molecule has 114 valence electrons. The standard InChI is InChI=1S/C11H14ClN5O3S/c1-13-8-5-9(16-11(12)15-8)17(3-14-5)10-7(20)6(19)4(2-18)21-10/h3-4,6-7,10,18-20H,2H2,1H3,(H,13,15,16)/t4-,6-,7-,10-/m1/s1. The minimum atomic E-state index is -1.03. The van der Waals surface area contributed by atoms with Gasteiger partial charge in [0.2, 0.25) is 5.28 Å². The summed E-state index contributed by atoms with van der Waals surface area (Å²) in [5, 5.41) is 31.3. The van der Waals surface area contributed by atoms with E-state index in [-0.39, 0.29) is 11.9 Å². The van der Waals surface area contributed by atoms with Gasteiger partial charge >= 0.3 is 0 Å². The molecule has 0 aliphatic carbocycles. The van der Waals surface area contributed by atoms with Crippen LogP contribution in [-0.4, -0.2) is 66.0 Å². The minimum Gasteiger partial charge on any atom is -0.395 e. The van der Waals surface area contributed by atoms with Crippen molar-refractivity contribution in [2.45, 2.75) is 22.8 Å². The Bertz CT molecular complexity index is 669. The molecule has 21 heavy (non-hydrogen) atoms. The molecule has 8 nitrogen and oxygen atoms in total. The number of aromatic nitrogens is 4. The first-order valence-electron chi connectivity index (χ1n) is 6.27. The molecule has 0 radical (unpaired) electrons. The highest BCUT2D eigenvalue weighted by molar-refractivity contribution is 8.00. The van der Waals surface area contributed by atoms with Crippen LogP contribution in [0.1, 0.15) is 5.37 Å². The third-order valence-electron chi connectivity index (χ3n) is 3.42. The Labute approximate surface area is 129 Å². The van der Waals surface area contributed by atoms with Crippen LogP contribution in [0.15, 0.2) is 6.33 Å². The molecule has 4 N–H and O–H groups in total. The van der Waals surface area contributed by atoms with Gasteiger partial charge in [-0.05, 0) is 11.6 Å². The van der Waals surface area contributed by atoms with E-state index in [1.165, 1.54) is 18.1 Å². The average Bonchev–Trinajstić information content (AvgIpc) is 3.01. The third kappa shape index (κ3) is 2.34. The molecular formula is C11H14ClN5O3S. The van der Waals surface area contributed by atoms with E-state index in [9.17, 15) is 15.3 Å². The molecule has 2 aromatic rings. The number of halogens is 1. The molecule has 3 heterocycles. The molecule has 1 aliphatic heterocycles. The van der Waals surface area contributed by atoms with Crippen LogP contribution in [0.25, 0.3) is 11.2 Å². The number of hydrogen-bond acceptors (Lipinski definition) is 8. The number of aliphatic hydroxyl groups excluding tert-OH is 3. The summed E-state index contributed by atoms with van der Waals surface area (Å²) in [5.41, 5.74) is 0.985. The maximum atomic E-state index is 10.2. The second kappa shape index (κ2) is 5.58. The van der Waals surface area contributed by atoms with Crippen LogP contribution in [0.5, 0.6) is 0 Å². The fourth-order valence-electron chi connectivity index (χ4n) is 2.36. The molecule has 0 aromatic carbocycles. The number of anilines is 1. The van der Waals surface area contributed by atoms with Crippen molar-refractivity contribution in [3.8, 4) is 0 Å². The zero-order valence-corrected chi connectivity index (χ0v) is 12.6. The second-order valence-corrected chi connectivity index (χ2v) is 6.34. The molecule has 1 fully saturated rings. The summed E-state index contributed by atoms with van der Waals surface area (Å²) in [6.45, 7) is -0.219. The number of rotatable bonds is 3. The lowest BCUT2D eigenvalue weighted by atomic mass is 10.1. The van der Waals surface area contributed by atoms with Crippen molar-refractivity contribution in [3.63, 3.8) is 0 Å². The number of aliphatic hydroxyl groups is 3. The first-order valence-corrected chi connectivity index (χ1v) is 7.59. The molecule has 0 amide bonds. The number of fused-ring (bicyclic) bond motifs is 1. The van der Waals surface area contributed by atoms with Crippen molar-refractivity contribution in [1.29, 1.82) is 0 Å². The first kappa shape index (κ1) is 14.8. The van der Waals surface area contributed by atoms with Gasteiger partial charge in [0.1, 0.15) is 11.5 Å². The summed E-state index contributed by atoms with van der Waals surface area (Å²) in [7, 11) is 1.70. The summed E-state index contributed by atoms with van der Waals surface area (Å²) >= 11 is 7.16. The SMILES string of the molecule is CNc1nc(Cl)nc2c1ncn2[C@@H]1S[C@H](CO)[C@@H](O)[C@H]1O. The zero-order valence-electron chi connectivity index (χ0n) is 11.0. The molecule has 0 saturated carbocycles. The lowest BCUT2D eigenvalue weighted by Crippen LogP contribution is -2.32. The van der Waals surface area contributed by atoms with Gasteiger partial charge in [-0.25, -0.2) is 4.98 Å². The lowest BCUT2D eigenvalue weighted by molar-refractivity contribution is 0.0113. The number of thioether (sulfide) groups is 1. The van der Waals surface area contributed by atoms with E-state index in [0.29, 0.717) is 17.0 Å². The first-order chi connectivity index (χ1) is 10.1. The van der Waals surface area contributed by atoms with Crippen LogP contribution in [0, 0.1) is 0 Å². The maximum Gasteiger partial charge on any atom is 0.226 e. The smallest absolute Gasteiger partial charge is 0.226 e. The van der Waals surface area contributed by atoms with Crippen molar-refractivity contribution >= 4 is 40.3 Å². The molecule has 2 aromatic heterocycles. The Hall–Kier alpha value is -1.13. The Balaban J connectivity index is 2.07. The number of nitrogens with zero attached hydrogens (tertiary/aromatic N) is 4. The lowest BCUT2D eigenvalue weighted by Gasteiger charge is -2.17. The van der Waals surface area contributed by atoms with Crippen molar-refractivity contribution in [3.05, 3.63) is 11.6 Å². The second-order valence-electron chi connectivity index (χ2n) is 4.64.